The Kier molecular flexibility index (Phi) is 3.08. The van der Waals surface area contributed by atoms with Crippen LogP contribution in [0.3, 0.4) is 0 Å². The monoisotopic (exact) mass is 201 g/mol. The second-order valence-corrected chi connectivity index (χ2v) is 2.63. The Morgan fingerprint density at radius 3 is 3.00 bits per heavy atom. The van der Waals surface area contributed by atoms with Crippen molar-refractivity contribution < 1.29 is 14.6 Å². The quantitative estimate of drug-likeness (QED) is 0.758. The van der Waals surface area contributed by atoms with Gasteiger partial charge in [-0.15, -0.1) is 0 Å². The molecule has 0 spiro atoms. The fraction of sp³-hybridized carbons (Fsp3) is 0.250. The third kappa shape index (κ3) is 2.32. The van der Waals surface area contributed by atoms with Crippen LogP contribution in [0.5, 0.6) is 5.75 Å². The van der Waals surface area contributed by atoms with E-state index in [1.165, 1.54) is 12.3 Å². The maximum absolute atomic E-state index is 10.6. The van der Waals surface area contributed by atoms with Crippen molar-refractivity contribution >= 4 is 17.6 Å². The number of nitrogens with zero attached hydrogens (tertiary/aromatic N) is 1. The van der Waals surface area contributed by atoms with E-state index in [0.29, 0.717) is 6.61 Å². The number of aromatic carboxylic acids is 1. The van der Waals surface area contributed by atoms with Gasteiger partial charge in [0.25, 0.3) is 0 Å². The summed E-state index contributed by atoms with van der Waals surface area (Å²) in [6.45, 7) is 2.15. The SMILES string of the molecule is CCOc1cc(Cl)ncc1C(=O)O. The van der Waals surface area contributed by atoms with Crippen LogP contribution >= 0.6 is 11.6 Å². The molecule has 0 aliphatic heterocycles. The first-order valence-electron chi connectivity index (χ1n) is 3.66. The third-order valence-electron chi connectivity index (χ3n) is 1.36. The fourth-order valence-electron chi connectivity index (χ4n) is 0.849. The zero-order valence-electron chi connectivity index (χ0n) is 6.95. The van der Waals surface area contributed by atoms with E-state index >= 15 is 0 Å². The molecule has 1 rings (SSSR count). The van der Waals surface area contributed by atoms with Crippen molar-refractivity contribution in [1.82, 2.24) is 4.98 Å². The minimum atomic E-state index is -1.08. The lowest BCUT2D eigenvalue weighted by Crippen LogP contribution is -2.03. The van der Waals surface area contributed by atoms with Gasteiger partial charge >= 0.3 is 5.97 Å². The predicted molar refractivity (Wildman–Crippen MR) is 47.4 cm³/mol. The lowest BCUT2D eigenvalue weighted by atomic mass is 10.2. The van der Waals surface area contributed by atoms with Crippen molar-refractivity contribution in [2.75, 3.05) is 6.61 Å². The van der Waals surface area contributed by atoms with E-state index in [4.69, 9.17) is 21.4 Å². The molecule has 70 valence electrons. The first-order valence-corrected chi connectivity index (χ1v) is 4.04. The van der Waals surface area contributed by atoms with Crippen LogP contribution in [-0.4, -0.2) is 22.7 Å². The zero-order chi connectivity index (χ0) is 9.84. The molecule has 0 aliphatic rings. The van der Waals surface area contributed by atoms with Crippen molar-refractivity contribution in [2.45, 2.75) is 6.92 Å². The molecule has 0 saturated heterocycles. The lowest BCUT2D eigenvalue weighted by Gasteiger charge is -2.05. The number of rotatable bonds is 3. The largest absolute Gasteiger partial charge is 0.493 e. The van der Waals surface area contributed by atoms with Gasteiger partial charge in [-0.1, -0.05) is 11.6 Å². The molecule has 0 bridgehead atoms. The molecule has 0 fully saturated rings. The summed E-state index contributed by atoms with van der Waals surface area (Å²) in [7, 11) is 0. The minimum absolute atomic E-state index is 0.0197. The van der Waals surface area contributed by atoms with E-state index in [-0.39, 0.29) is 16.5 Å². The summed E-state index contributed by atoms with van der Waals surface area (Å²) in [5.41, 5.74) is 0.0197. The van der Waals surface area contributed by atoms with Crippen molar-refractivity contribution in [2.24, 2.45) is 0 Å². The van der Waals surface area contributed by atoms with E-state index in [2.05, 4.69) is 4.98 Å². The van der Waals surface area contributed by atoms with Gasteiger partial charge in [-0.25, -0.2) is 9.78 Å². The summed E-state index contributed by atoms with van der Waals surface area (Å²) in [5, 5.41) is 8.94. The fourth-order valence-corrected chi connectivity index (χ4v) is 0.996. The highest BCUT2D eigenvalue weighted by atomic mass is 35.5. The van der Waals surface area contributed by atoms with Gasteiger partial charge < -0.3 is 9.84 Å². The van der Waals surface area contributed by atoms with Gasteiger partial charge in [-0.3, -0.25) is 0 Å². The molecular formula is C8H8ClNO3. The summed E-state index contributed by atoms with van der Waals surface area (Å²) >= 11 is 5.57. The Balaban J connectivity index is 3.10. The molecule has 0 aromatic carbocycles. The smallest absolute Gasteiger partial charge is 0.341 e. The Labute approximate surface area is 80.1 Å². The highest BCUT2D eigenvalue weighted by Crippen LogP contribution is 2.20. The van der Waals surface area contributed by atoms with E-state index in [1.807, 2.05) is 0 Å². The van der Waals surface area contributed by atoms with Gasteiger partial charge in [0.15, 0.2) is 0 Å². The van der Waals surface area contributed by atoms with Crippen LogP contribution in [0.25, 0.3) is 0 Å². The van der Waals surface area contributed by atoms with Crippen molar-refractivity contribution in [3.8, 4) is 5.75 Å². The molecule has 0 radical (unpaired) electrons. The number of pyridine rings is 1. The maximum Gasteiger partial charge on any atom is 0.341 e. The lowest BCUT2D eigenvalue weighted by molar-refractivity contribution is 0.0692. The number of hydrogen-bond donors (Lipinski definition) is 1. The highest BCUT2D eigenvalue weighted by molar-refractivity contribution is 6.29. The standard InChI is InChI=1S/C8H8ClNO3/c1-2-13-6-3-7(9)10-4-5(6)8(11)12/h3-4H,2H2,1H3,(H,11,12). The summed E-state index contributed by atoms with van der Waals surface area (Å²) in [5.74, 6) is -0.831. The van der Waals surface area contributed by atoms with Gasteiger partial charge in [0, 0.05) is 12.3 Å². The van der Waals surface area contributed by atoms with Crippen molar-refractivity contribution in [3.05, 3.63) is 23.0 Å². The molecule has 1 heterocycles. The van der Waals surface area contributed by atoms with Gasteiger partial charge in [0.2, 0.25) is 0 Å². The van der Waals surface area contributed by atoms with E-state index in [0.717, 1.165) is 0 Å². The average molecular weight is 202 g/mol. The molecule has 1 aromatic heterocycles. The zero-order valence-corrected chi connectivity index (χ0v) is 7.71. The first kappa shape index (κ1) is 9.80. The maximum atomic E-state index is 10.6. The average Bonchev–Trinajstić information content (AvgIpc) is 2.04. The topological polar surface area (TPSA) is 59.4 Å². The molecule has 1 N–H and O–H groups in total. The number of ether oxygens (including phenoxy) is 1. The Bertz CT molecular complexity index is 327. The number of carbonyl (C=O) groups is 1. The molecule has 0 amide bonds. The number of halogens is 1. The molecule has 0 aliphatic carbocycles. The van der Waals surface area contributed by atoms with Gasteiger partial charge in [-0.2, -0.15) is 0 Å². The van der Waals surface area contributed by atoms with Crippen LogP contribution in [0.2, 0.25) is 5.15 Å². The normalized spacial score (nSPS) is 9.69. The Morgan fingerprint density at radius 2 is 2.46 bits per heavy atom. The van der Waals surface area contributed by atoms with Gasteiger partial charge in [0.1, 0.15) is 16.5 Å². The summed E-state index contributed by atoms with van der Waals surface area (Å²) < 4.78 is 5.07. The van der Waals surface area contributed by atoms with E-state index in [1.54, 1.807) is 6.92 Å². The van der Waals surface area contributed by atoms with Gasteiger partial charge in [0.05, 0.1) is 6.61 Å². The first-order chi connectivity index (χ1) is 6.15. The molecular weight excluding hydrogens is 194 g/mol. The van der Waals surface area contributed by atoms with Crippen LogP contribution in [0, 0.1) is 0 Å². The second-order valence-electron chi connectivity index (χ2n) is 2.24. The Morgan fingerprint density at radius 1 is 1.77 bits per heavy atom. The van der Waals surface area contributed by atoms with Crippen molar-refractivity contribution in [1.29, 1.82) is 0 Å². The van der Waals surface area contributed by atoms with Crippen LogP contribution in [0.1, 0.15) is 17.3 Å². The minimum Gasteiger partial charge on any atom is -0.493 e. The molecule has 5 heteroatoms. The van der Waals surface area contributed by atoms with E-state index in [9.17, 15) is 4.79 Å². The van der Waals surface area contributed by atoms with Crippen LogP contribution in [0.15, 0.2) is 12.3 Å². The Hall–Kier alpha value is -1.29. The van der Waals surface area contributed by atoms with Gasteiger partial charge in [-0.05, 0) is 6.92 Å². The molecule has 13 heavy (non-hydrogen) atoms. The molecule has 0 unspecified atom stereocenters. The number of aromatic nitrogens is 1. The second kappa shape index (κ2) is 4.09. The number of carboxylic acid groups (broad SMARTS) is 1. The molecule has 0 atom stereocenters. The van der Waals surface area contributed by atoms with Crippen molar-refractivity contribution in [3.63, 3.8) is 0 Å². The highest BCUT2D eigenvalue weighted by Gasteiger charge is 2.11. The van der Waals surface area contributed by atoms with Crippen LogP contribution in [0.4, 0.5) is 0 Å². The summed E-state index contributed by atoms with van der Waals surface area (Å²) in [6.07, 6.45) is 1.18. The summed E-state index contributed by atoms with van der Waals surface area (Å²) in [4.78, 5) is 14.3. The molecule has 1 aromatic rings. The molecule has 4 nitrogen and oxygen atoms in total. The predicted octanol–water partition coefficient (Wildman–Crippen LogP) is 1.83. The van der Waals surface area contributed by atoms with E-state index < -0.39 is 5.97 Å². The number of carboxylic acids is 1. The molecule has 0 saturated carbocycles. The van der Waals surface area contributed by atoms with Crippen LogP contribution in [-0.2, 0) is 0 Å². The number of hydrogen-bond acceptors (Lipinski definition) is 3. The third-order valence-corrected chi connectivity index (χ3v) is 1.57. The van der Waals surface area contributed by atoms with Crippen LogP contribution < -0.4 is 4.74 Å². The summed E-state index contributed by atoms with van der Waals surface area (Å²) in [6, 6.07) is 1.38.